The van der Waals surface area contributed by atoms with Gasteiger partial charge in [0.2, 0.25) is 0 Å². The second-order valence-electron chi connectivity index (χ2n) is 5.97. The van der Waals surface area contributed by atoms with Gasteiger partial charge in [0.1, 0.15) is 5.75 Å². The van der Waals surface area contributed by atoms with Crippen LogP contribution in [-0.2, 0) is 9.59 Å². The molecule has 0 heterocycles. The molecule has 5 heteroatoms. The summed E-state index contributed by atoms with van der Waals surface area (Å²) in [6.45, 7) is 0. The Morgan fingerprint density at radius 1 is 1.00 bits per heavy atom. The molecule has 2 aromatic rings. The average Bonchev–Trinajstić information content (AvgIpc) is 2.60. The number of carbonyl (C=O) groups is 2. The van der Waals surface area contributed by atoms with Gasteiger partial charge in [-0.2, -0.15) is 0 Å². The maximum absolute atomic E-state index is 12.0. The van der Waals surface area contributed by atoms with Crippen LogP contribution >= 0.6 is 15.9 Å². The van der Waals surface area contributed by atoms with Gasteiger partial charge in [0.15, 0.2) is 11.6 Å². The van der Waals surface area contributed by atoms with Gasteiger partial charge in [0.25, 0.3) is 0 Å². The molecule has 0 bridgehead atoms. The van der Waals surface area contributed by atoms with Crippen molar-refractivity contribution in [2.24, 2.45) is 0 Å². The fourth-order valence-corrected chi connectivity index (χ4v) is 2.64. The van der Waals surface area contributed by atoms with Crippen molar-refractivity contribution < 1.29 is 14.7 Å². The number of anilines is 1. The molecule has 0 spiro atoms. The Hall–Kier alpha value is -2.66. The monoisotopic (exact) mass is 413 g/mol. The Morgan fingerprint density at radius 3 is 2.23 bits per heavy atom. The summed E-state index contributed by atoms with van der Waals surface area (Å²) >= 11 is 3.43. The zero-order valence-corrected chi connectivity index (χ0v) is 16.2. The van der Waals surface area contributed by atoms with Gasteiger partial charge in [-0.05, 0) is 53.6 Å². The number of ketones is 2. The van der Waals surface area contributed by atoms with Crippen LogP contribution in [0.5, 0.6) is 5.75 Å². The van der Waals surface area contributed by atoms with E-state index in [0.717, 1.165) is 21.3 Å². The van der Waals surface area contributed by atoms with E-state index in [2.05, 4.69) is 15.9 Å². The molecule has 0 saturated carbocycles. The lowest BCUT2D eigenvalue weighted by Gasteiger charge is -2.16. The summed E-state index contributed by atoms with van der Waals surface area (Å²) in [4.78, 5) is 25.9. The van der Waals surface area contributed by atoms with Crippen molar-refractivity contribution in [2.75, 3.05) is 19.0 Å². The normalized spacial score (nSPS) is 11.2. The van der Waals surface area contributed by atoms with Crippen LogP contribution in [0.25, 0.3) is 12.2 Å². The highest BCUT2D eigenvalue weighted by Crippen LogP contribution is 2.24. The number of phenols is 1. The first-order chi connectivity index (χ1) is 12.3. The maximum atomic E-state index is 12.0. The number of nitrogens with zero attached hydrogens (tertiary/aromatic N) is 1. The molecule has 0 aromatic heterocycles. The van der Waals surface area contributed by atoms with Crippen molar-refractivity contribution in [1.29, 1.82) is 0 Å². The molecule has 2 aromatic carbocycles. The van der Waals surface area contributed by atoms with Crippen molar-refractivity contribution in [2.45, 2.75) is 6.42 Å². The van der Waals surface area contributed by atoms with Gasteiger partial charge in [0.05, 0.1) is 6.42 Å². The minimum atomic E-state index is -0.267. The molecule has 26 heavy (non-hydrogen) atoms. The van der Waals surface area contributed by atoms with Gasteiger partial charge in [-0.1, -0.05) is 40.2 Å². The summed E-state index contributed by atoms with van der Waals surface area (Å²) in [6, 6.07) is 12.2. The lowest BCUT2D eigenvalue weighted by atomic mass is 10.1. The van der Waals surface area contributed by atoms with Crippen LogP contribution in [0.3, 0.4) is 0 Å². The first-order valence-corrected chi connectivity index (χ1v) is 8.82. The van der Waals surface area contributed by atoms with E-state index in [1.54, 1.807) is 36.4 Å². The first kappa shape index (κ1) is 19.7. The molecule has 2 rings (SSSR count). The Bertz CT molecular complexity index is 852. The smallest absolute Gasteiger partial charge is 0.163 e. The summed E-state index contributed by atoms with van der Waals surface area (Å²) in [5.41, 5.74) is 2.66. The third-order valence-corrected chi connectivity index (χ3v) is 4.12. The molecule has 0 radical (unpaired) electrons. The second kappa shape index (κ2) is 9.15. The lowest BCUT2D eigenvalue weighted by Crippen LogP contribution is -2.10. The SMILES string of the molecule is CN(C)c1cc(Br)ccc1/C=C/C(=O)CC(=O)/C=C/c1ccc(O)cc1. The number of aromatic hydroxyl groups is 1. The van der Waals surface area contributed by atoms with Crippen LogP contribution in [0.4, 0.5) is 5.69 Å². The molecule has 0 aliphatic heterocycles. The molecule has 0 aliphatic rings. The largest absolute Gasteiger partial charge is 0.508 e. The zero-order valence-electron chi connectivity index (χ0n) is 14.6. The van der Waals surface area contributed by atoms with E-state index in [0.29, 0.717) is 0 Å². The number of hydrogen-bond donors (Lipinski definition) is 1. The van der Waals surface area contributed by atoms with Crippen LogP contribution in [0.15, 0.2) is 59.1 Å². The van der Waals surface area contributed by atoms with Gasteiger partial charge in [-0.3, -0.25) is 9.59 Å². The minimum absolute atomic E-state index is 0.166. The number of halogens is 1. The molecule has 0 amide bonds. The summed E-state index contributed by atoms with van der Waals surface area (Å²) in [5, 5.41) is 9.23. The molecule has 0 fully saturated rings. The van der Waals surface area contributed by atoms with E-state index in [4.69, 9.17) is 0 Å². The summed E-state index contributed by atoms with van der Waals surface area (Å²) in [7, 11) is 3.86. The lowest BCUT2D eigenvalue weighted by molar-refractivity contribution is -0.121. The predicted molar refractivity (Wildman–Crippen MR) is 109 cm³/mol. The second-order valence-corrected chi connectivity index (χ2v) is 6.88. The predicted octanol–water partition coefficient (Wildman–Crippen LogP) is 4.48. The van der Waals surface area contributed by atoms with Crippen LogP contribution in [0.1, 0.15) is 17.5 Å². The fraction of sp³-hybridized carbons (Fsp3) is 0.143. The highest BCUT2D eigenvalue weighted by molar-refractivity contribution is 9.10. The summed E-state index contributed by atoms with van der Waals surface area (Å²) in [5.74, 6) is -0.354. The van der Waals surface area contributed by atoms with Crippen LogP contribution in [-0.4, -0.2) is 30.8 Å². The minimum Gasteiger partial charge on any atom is -0.508 e. The maximum Gasteiger partial charge on any atom is 0.163 e. The molecule has 0 atom stereocenters. The molecule has 0 saturated heterocycles. The number of hydrogen-bond acceptors (Lipinski definition) is 4. The van der Waals surface area contributed by atoms with Crippen molar-refractivity contribution in [3.8, 4) is 5.75 Å². The Balaban J connectivity index is 1.99. The highest BCUT2D eigenvalue weighted by atomic mass is 79.9. The number of phenolic OH excluding ortho intramolecular Hbond substituents is 1. The molecule has 0 aliphatic carbocycles. The van der Waals surface area contributed by atoms with E-state index in [1.807, 2.05) is 37.2 Å². The molecule has 0 unspecified atom stereocenters. The van der Waals surface area contributed by atoms with Crippen molar-refractivity contribution >= 4 is 45.3 Å². The van der Waals surface area contributed by atoms with Crippen LogP contribution in [0, 0.1) is 0 Å². The molecular formula is C21H20BrNO3. The summed E-state index contributed by atoms with van der Waals surface area (Å²) in [6.07, 6.45) is 5.98. The molecule has 134 valence electrons. The zero-order chi connectivity index (χ0) is 19.1. The van der Waals surface area contributed by atoms with E-state index >= 15 is 0 Å². The number of carbonyl (C=O) groups excluding carboxylic acids is 2. The van der Waals surface area contributed by atoms with Gasteiger partial charge >= 0.3 is 0 Å². The van der Waals surface area contributed by atoms with Gasteiger partial charge < -0.3 is 10.0 Å². The quantitative estimate of drug-likeness (QED) is 0.537. The van der Waals surface area contributed by atoms with Gasteiger partial charge in [-0.25, -0.2) is 0 Å². The highest BCUT2D eigenvalue weighted by Gasteiger charge is 2.06. The van der Waals surface area contributed by atoms with Crippen molar-refractivity contribution in [1.82, 2.24) is 0 Å². The van der Waals surface area contributed by atoms with E-state index in [9.17, 15) is 14.7 Å². The number of allylic oxidation sites excluding steroid dienone is 2. The van der Waals surface area contributed by atoms with E-state index < -0.39 is 0 Å². The Kier molecular flexibility index (Phi) is 6.92. The molecule has 4 nitrogen and oxygen atoms in total. The number of rotatable bonds is 7. The van der Waals surface area contributed by atoms with Crippen LogP contribution < -0.4 is 4.90 Å². The third kappa shape index (κ3) is 6.01. The Morgan fingerprint density at radius 2 is 1.62 bits per heavy atom. The molecule has 1 N–H and O–H groups in total. The van der Waals surface area contributed by atoms with E-state index in [-0.39, 0.29) is 23.7 Å². The number of benzene rings is 2. The van der Waals surface area contributed by atoms with Crippen LogP contribution in [0.2, 0.25) is 0 Å². The Labute approximate surface area is 161 Å². The average molecular weight is 414 g/mol. The standard InChI is InChI=1S/C21H20BrNO3/c1-23(2)21-13-17(22)8-6-16(21)7-12-20(26)14-19(25)11-5-15-3-9-18(24)10-4-15/h3-13,24H,14H2,1-2H3/b11-5+,12-7+. The fourth-order valence-electron chi connectivity index (χ4n) is 2.29. The van der Waals surface area contributed by atoms with Crippen molar-refractivity contribution in [3.05, 3.63) is 70.2 Å². The van der Waals surface area contributed by atoms with Crippen molar-refractivity contribution in [3.63, 3.8) is 0 Å². The van der Waals surface area contributed by atoms with Gasteiger partial charge in [-0.15, -0.1) is 0 Å². The van der Waals surface area contributed by atoms with E-state index in [1.165, 1.54) is 12.2 Å². The van der Waals surface area contributed by atoms with Gasteiger partial charge in [0, 0.05) is 24.3 Å². The summed E-state index contributed by atoms with van der Waals surface area (Å²) < 4.78 is 0.958. The molecular weight excluding hydrogens is 394 g/mol. The third-order valence-electron chi connectivity index (χ3n) is 3.63. The first-order valence-electron chi connectivity index (χ1n) is 8.03. The topological polar surface area (TPSA) is 57.6 Å².